The van der Waals surface area contributed by atoms with Crippen LogP contribution < -0.4 is 0 Å². The largest absolute Gasteiger partial charge is 0.469 e. The van der Waals surface area contributed by atoms with Crippen molar-refractivity contribution in [3.8, 4) is 0 Å². The van der Waals surface area contributed by atoms with E-state index >= 15 is 0 Å². The number of hydrogen-bond acceptors (Lipinski definition) is 3. The van der Waals surface area contributed by atoms with E-state index in [-0.39, 0.29) is 12.8 Å². The molecule has 0 aromatic rings. The van der Waals surface area contributed by atoms with Crippen LogP contribution in [-0.2, 0) is 9.53 Å². The number of aliphatic hydroxyl groups excluding tert-OH is 1. The molecule has 0 aromatic carbocycles. The first kappa shape index (κ1) is 8.46. The third kappa shape index (κ3) is 1.22. The van der Waals surface area contributed by atoms with E-state index in [1.54, 1.807) is 0 Å². The van der Waals surface area contributed by atoms with Crippen molar-refractivity contribution in [1.29, 1.82) is 0 Å². The molecule has 0 amide bonds. The average molecular weight is 162 g/mol. The summed E-state index contributed by atoms with van der Waals surface area (Å²) in [6, 6.07) is 0. The molecule has 64 valence electrons. The van der Waals surface area contributed by atoms with Crippen LogP contribution in [0, 0.1) is 5.41 Å². The van der Waals surface area contributed by atoms with Crippen molar-refractivity contribution in [2.24, 2.45) is 5.41 Å². The molecule has 0 atom stereocenters. The summed E-state index contributed by atoms with van der Waals surface area (Å²) in [6.07, 6.45) is -0.156. The van der Waals surface area contributed by atoms with Crippen LogP contribution in [0.5, 0.6) is 0 Å². The lowest BCUT2D eigenvalue weighted by atomic mass is 9.68. The zero-order chi connectivity index (χ0) is 8.48. The van der Waals surface area contributed by atoms with Crippen molar-refractivity contribution in [3.05, 3.63) is 0 Å². The van der Waals surface area contributed by atoms with E-state index in [1.165, 1.54) is 7.11 Å². The zero-order valence-corrected chi connectivity index (χ0v) is 6.34. The summed E-state index contributed by atoms with van der Waals surface area (Å²) >= 11 is 0. The Labute approximate surface area is 64.2 Å². The number of halogens is 1. The summed E-state index contributed by atoms with van der Waals surface area (Å²) < 4.78 is 16.7. The maximum atomic E-state index is 12.3. The van der Waals surface area contributed by atoms with Crippen molar-refractivity contribution in [1.82, 2.24) is 0 Å². The van der Waals surface area contributed by atoms with Gasteiger partial charge in [0.15, 0.2) is 0 Å². The zero-order valence-electron chi connectivity index (χ0n) is 6.34. The first-order valence-corrected chi connectivity index (χ1v) is 3.47. The molecule has 0 aliphatic heterocycles. The topological polar surface area (TPSA) is 46.5 Å². The predicted molar refractivity (Wildman–Crippen MR) is 35.7 cm³/mol. The highest BCUT2D eigenvalue weighted by atomic mass is 19.1. The Morgan fingerprint density at radius 3 is 2.64 bits per heavy atom. The SMILES string of the molecule is COC(=O)C1(CF)CC(O)C1. The monoisotopic (exact) mass is 162 g/mol. The molecule has 4 heteroatoms. The molecular weight excluding hydrogens is 151 g/mol. The number of esters is 1. The Kier molecular flexibility index (Phi) is 2.13. The highest BCUT2D eigenvalue weighted by Crippen LogP contribution is 2.42. The standard InChI is InChI=1S/C7H11FO3/c1-11-6(10)7(4-8)2-5(9)3-7/h5,9H,2-4H2,1H3. The molecule has 0 unspecified atom stereocenters. The molecule has 1 aliphatic rings. The number of methoxy groups -OCH3 is 1. The lowest BCUT2D eigenvalue weighted by Crippen LogP contribution is -2.49. The maximum Gasteiger partial charge on any atom is 0.314 e. The normalized spacial score (nSPS) is 36.1. The first-order chi connectivity index (χ1) is 5.14. The maximum absolute atomic E-state index is 12.3. The second-order valence-corrected chi connectivity index (χ2v) is 2.97. The fourth-order valence-corrected chi connectivity index (χ4v) is 1.39. The number of carbonyl (C=O) groups is 1. The van der Waals surface area contributed by atoms with Crippen molar-refractivity contribution in [2.45, 2.75) is 18.9 Å². The minimum Gasteiger partial charge on any atom is -0.469 e. The minimum absolute atomic E-state index is 0.191. The quantitative estimate of drug-likeness (QED) is 0.593. The molecule has 1 saturated carbocycles. The fourth-order valence-electron chi connectivity index (χ4n) is 1.39. The van der Waals surface area contributed by atoms with Gasteiger partial charge in [0.25, 0.3) is 0 Å². The third-order valence-corrected chi connectivity index (χ3v) is 2.13. The fraction of sp³-hybridized carbons (Fsp3) is 0.857. The first-order valence-electron chi connectivity index (χ1n) is 3.47. The molecule has 0 radical (unpaired) electrons. The second kappa shape index (κ2) is 2.77. The van der Waals surface area contributed by atoms with E-state index in [9.17, 15) is 9.18 Å². The molecule has 0 saturated heterocycles. The van der Waals surface area contributed by atoms with Crippen molar-refractivity contribution >= 4 is 5.97 Å². The number of rotatable bonds is 2. The van der Waals surface area contributed by atoms with Crippen LogP contribution in [0.2, 0.25) is 0 Å². The molecule has 1 N–H and O–H groups in total. The van der Waals surface area contributed by atoms with E-state index in [2.05, 4.69) is 4.74 Å². The number of aliphatic hydroxyl groups is 1. The van der Waals surface area contributed by atoms with Gasteiger partial charge in [-0.05, 0) is 12.8 Å². The van der Waals surface area contributed by atoms with Gasteiger partial charge in [-0.1, -0.05) is 0 Å². The number of carbonyl (C=O) groups excluding carboxylic acids is 1. The van der Waals surface area contributed by atoms with E-state index in [0.717, 1.165) is 0 Å². The molecule has 0 spiro atoms. The van der Waals surface area contributed by atoms with Gasteiger partial charge in [-0.15, -0.1) is 0 Å². The van der Waals surface area contributed by atoms with Crippen LogP contribution >= 0.6 is 0 Å². The molecule has 0 bridgehead atoms. The van der Waals surface area contributed by atoms with E-state index in [0.29, 0.717) is 0 Å². The Hall–Kier alpha value is -0.640. The van der Waals surface area contributed by atoms with Gasteiger partial charge < -0.3 is 9.84 Å². The minimum atomic E-state index is -1.03. The lowest BCUT2D eigenvalue weighted by Gasteiger charge is -2.40. The van der Waals surface area contributed by atoms with Gasteiger partial charge in [0.1, 0.15) is 12.1 Å². The van der Waals surface area contributed by atoms with Gasteiger partial charge in [-0.2, -0.15) is 0 Å². The van der Waals surface area contributed by atoms with Crippen LogP contribution in [0.25, 0.3) is 0 Å². The van der Waals surface area contributed by atoms with Gasteiger partial charge in [0.05, 0.1) is 13.2 Å². The Bertz CT molecular complexity index is 163. The molecule has 1 rings (SSSR count). The molecular formula is C7H11FO3. The van der Waals surface area contributed by atoms with E-state index < -0.39 is 24.2 Å². The van der Waals surface area contributed by atoms with Gasteiger partial charge >= 0.3 is 5.97 Å². The highest BCUT2D eigenvalue weighted by molar-refractivity contribution is 5.78. The number of ether oxygens (including phenoxy) is 1. The molecule has 1 aliphatic carbocycles. The summed E-state index contributed by atoms with van der Waals surface area (Å²) in [6.45, 7) is -0.739. The second-order valence-electron chi connectivity index (χ2n) is 2.97. The number of hydrogen-bond donors (Lipinski definition) is 1. The predicted octanol–water partition coefficient (Wildman–Crippen LogP) is 0.270. The van der Waals surface area contributed by atoms with Gasteiger partial charge in [-0.25, -0.2) is 4.39 Å². The van der Waals surface area contributed by atoms with Gasteiger partial charge in [0, 0.05) is 0 Å². The summed E-state index contributed by atoms with van der Waals surface area (Å²) in [7, 11) is 1.23. The smallest absolute Gasteiger partial charge is 0.314 e. The van der Waals surface area contributed by atoms with Gasteiger partial charge in [-0.3, -0.25) is 4.79 Å². The van der Waals surface area contributed by atoms with Gasteiger partial charge in [0.2, 0.25) is 0 Å². The molecule has 1 fully saturated rings. The molecule has 3 nitrogen and oxygen atoms in total. The summed E-state index contributed by atoms with van der Waals surface area (Å²) in [4.78, 5) is 10.9. The molecule has 0 aromatic heterocycles. The van der Waals surface area contributed by atoms with E-state index in [1.807, 2.05) is 0 Å². The Balaban J connectivity index is 2.57. The van der Waals surface area contributed by atoms with Crippen molar-refractivity contribution in [3.63, 3.8) is 0 Å². The van der Waals surface area contributed by atoms with Crippen LogP contribution in [0.3, 0.4) is 0 Å². The molecule has 0 heterocycles. The van der Waals surface area contributed by atoms with Crippen LogP contribution in [0.15, 0.2) is 0 Å². The Morgan fingerprint density at radius 1 is 1.82 bits per heavy atom. The number of alkyl halides is 1. The van der Waals surface area contributed by atoms with Crippen molar-refractivity contribution in [2.75, 3.05) is 13.8 Å². The Morgan fingerprint density at radius 2 is 2.36 bits per heavy atom. The third-order valence-electron chi connectivity index (χ3n) is 2.13. The molecule has 11 heavy (non-hydrogen) atoms. The van der Waals surface area contributed by atoms with Crippen LogP contribution in [-0.4, -0.2) is 31.0 Å². The summed E-state index contributed by atoms with van der Waals surface area (Å²) in [5.41, 5.74) is -1.03. The van der Waals surface area contributed by atoms with Crippen molar-refractivity contribution < 1.29 is 19.0 Å². The van der Waals surface area contributed by atoms with Crippen LogP contribution in [0.4, 0.5) is 4.39 Å². The summed E-state index contributed by atoms with van der Waals surface area (Å²) in [5.74, 6) is -0.551. The average Bonchev–Trinajstić information content (AvgIpc) is 1.96. The lowest BCUT2D eigenvalue weighted by molar-refractivity contribution is -0.168. The van der Waals surface area contributed by atoms with Crippen LogP contribution in [0.1, 0.15) is 12.8 Å². The summed E-state index contributed by atoms with van der Waals surface area (Å²) in [5, 5.41) is 8.88. The highest BCUT2D eigenvalue weighted by Gasteiger charge is 2.50. The van der Waals surface area contributed by atoms with E-state index in [4.69, 9.17) is 5.11 Å².